The van der Waals surface area contributed by atoms with Gasteiger partial charge in [0.25, 0.3) is 0 Å². The van der Waals surface area contributed by atoms with E-state index in [1.807, 2.05) is 29.6 Å². The zero-order valence-corrected chi connectivity index (χ0v) is 22.3. The zero-order valence-electron chi connectivity index (χ0n) is 21.5. The van der Waals surface area contributed by atoms with Crippen LogP contribution in [0.25, 0.3) is 11.4 Å². The molecule has 0 bridgehead atoms. The quantitative estimate of drug-likeness (QED) is 0.316. The predicted octanol–water partition coefficient (Wildman–Crippen LogP) is 4.38. The fourth-order valence-corrected chi connectivity index (χ4v) is 5.44. The first-order valence-electron chi connectivity index (χ1n) is 12.8. The summed E-state index contributed by atoms with van der Waals surface area (Å²) in [6, 6.07) is 15.8. The van der Waals surface area contributed by atoms with Gasteiger partial charge in [0.2, 0.25) is 17.6 Å². The Morgan fingerprint density at radius 1 is 1.13 bits per heavy atom. The third-order valence-corrected chi connectivity index (χ3v) is 7.61. The summed E-state index contributed by atoms with van der Waals surface area (Å²) in [5.74, 6) is 0.00199. The number of hydrogen-bond acceptors (Lipinski definition) is 7. The number of halogens is 1. The number of ether oxygens (including phenoxy) is 1. The molecule has 2 aromatic heterocycles. The molecule has 5 rings (SSSR count). The summed E-state index contributed by atoms with van der Waals surface area (Å²) in [6.07, 6.45) is 3.91. The van der Waals surface area contributed by atoms with Gasteiger partial charge in [-0.3, -0.25) is 9.59 Å². The monoisotopic (exact) mass is 548 g/mol. The molecule has 0 unspecified atom stereocenters. The van der Waals surface area contributed by atoms with Crippen LogP contribution in [-0.4, -0.2) is 50.1 Å². The van der Waals surface area contributed by atoms with E-state index in [2.05, 4.69) is 20.7 Å². The number of hydrogen-bond donors (Lipinski definition) is 1. The summed E-state index contributed by atoms with van der Waals surface area (Å²) in [4.78, 5) is 31.2. The third kappa shape index (κ3) is 6.48. The first kappa shape index (κ1) is 26.5. The van der Waals surface area contributed by atoms with E-state index in [1.165, 1.54) is 33.2 Å². The maximum atomic E-state index is 13.8. The number of amides is 2. The predicted molar refractivity (Wildman–Crippen MR) is 144 cm³/mol. The summed E-state index contributed by atoms with van der Waals surface area (Å²) in [5.41, 5.74) is 1.26. The number of carbonyl (C=O) groups is 2. The number of nitrogens with zero attached hydrogens (tertiary/aromatic N) is 5. The summed E-state index contributed by atoms with van der Waals surface area (Å²) >= 11 is 1.49. The van der Waals surface area contributed by atoms with Crippen molar-refractivity contribution in [3.8, 4) is 17.1 Å². The van der Waals surface area contributed by atoms with E-state index in [1.54, 1.807) is 31.4 Å². The summed E-state index contributed by atoms with van der Waals surface area (Å²) in [6.45, 7) is -0.0143. The normalized spacial score (nSPS) is 14.2. The molecule has 9 nitrogen and oxygen atoms in total. The van der Waals surface area contributed by atoms with Crippen LogP contribution in [0.5, 0.6) is 5.75 Å². The van der Waals surface area contributed by atoms with Crippen LogP contribution in [0.2, 0.25) is 0 Å². The van der Waals surface area contributed by atoms with E-state index in [-0.39, 0.29) is 30.9 Å². The maximum Gasteiger partial charge on any atom is 0.247 e. The number of thiophene rings is 1. The average molecular weight is 549 g/mol. The van der Waals surface area contributed by atoms with Crippen molar-refractivity contribution in [1.29, 1.82) is 0 Å². The minimum Gasteiger partial charge on any atom is -0.497 e. The van der Waals surface area contributed by atoms with Crippen LogP contribution in [0.15, 0.2) is 66.0 Å². The Kier molecular flexibility index (Phi) is 8.26. The highest BCUT2D eigenvalue weighted by Crippen LogP contribution is 2.28. The van der Waals surface area contributed by atoms with Crippen molar-refractivity contribution in [1.82, 2.24) is 30.4 Å². The molecule has 0 radical (unpaired) electrons. The van der Waals surface area contributed by atoms with E-state index >= 15 is 0 Å². The Bertz CT molecular complexity index is 1390. The SMILES string of the molecule is COc1ccc(-c2nnn(CC(=O)N(Cc3cccs3)[C@@H](C(=O)NC3CCCC3)c3ccc(F)cc3)n2)cc1. The van der Waals surface area contributed by atoms with Crippen molar-refractivity contribution in [3.05, 3.63) is 82.3 Å². The second-order valence-electron chi connectivity index (χ2n) is 9.42. The molecule has 1 saturated carbocycles. The second kappa shape index (κ2) is 12.2. The fraction of sp³-hybridized carbons (Fsp3) is 0.321. The van der Waals surface area contributed by atoms with Crippen molar-refractivity contribution in [3.63, 3.8) is 0 Å². The Morgan fingerprint density at radius 3 is 2.54 bits per heavy atom. The van der Waals surface area contributed by atoms with Gasteiger partial charge in [0.15, 0.2) is 0 Å². The molecule has 4 aromatic rings. The van der Waals surface area contributed by atoms with E-state index in [9.17, 15) is 14.0 Å². The van der Waals surface area contributed by atoms with Gasteiger partial charge < -0.3 is 15.0 Å². The van der Waals surface area contributed by atoms with Crippen LogP contribution in [0.4, 0.5) is 4.39 Å². The van der Waals surface area contributed by atoms with Gasteiger partial charge in [0.05, 0.1) is 13.7 Å². The molecule has 1 atom stereocenters. The highest BCUT2D eigenvalue weighted by Gasteiger charge is 2.34. The van der Waals surface area contributed by atoms with Gasteiger partial charge in [-0.2, -0.15) is 4.80 Å². The van der Waals surface area contributed by atoms with E-state index in [4.69, 9.17) is 4.74 Å². The van der Waals surface area contributed by atoms with Crippen LogP contribution >= 0.6 is 11.3 Å². The number of tetrazole rings is 1. The van der Waals surface area contributed by atoms with Gasteiger partial charge in [-0.05, 0) is 71.5 Å². The lowest BCUT2D eigenvalue weighted by Gasteiger charge is -2.32. The molecule has 0 spiro atoms. The van der Waals surface area contributed by atoms with Crippen molar-refractivity contribution in [2.24, 2.45) is 0 Å². The Morgan fingerprint density at radius 2 is 1.87 bits per heavy atom. The topological polar surface area (TPSA) is 102 Å². The summed E-state index contributed by atoms with van der Waals surface area (Å²) < 4.78 is 19.0. The smallest absolute Gasteiger partial charge is 0.247 e. The molecule has 0 aliphatic heterocycles. The Labute approximate surface area is 229 Å². The summed E-state index contributed by atoms with van der Waals surface area (Å²) in [5, 5.41) is 17.6. The number of rotatable bonds is 10. The van der Waals surface area contributed by atoms with Crippen LogP contribution < -0.4 is 10.1 Å². The standard InChI is InChI=1S/C28H29FN6O3S/c1-38-23-14-10-20(11-15-23)27-31-33-35(32-27)18-25(36)34(17-24-7-4-16-39-24)26(19-8-12-21(29)13-9-19)28(37)30-22-5-2-3-6-22/h4,7-16,22,26H,2-3,5-6,17-18H2,1H3,(H,30,37)/t26-/m1/s1. The van der Waals surface area contributed by atoms with Crippen molar-refractivity contribution >= 4 is 23.2 Å². The lowest BCUT2D eigenvalue weighted by Crippen LogP contribution is -2.46. The molecular formula is C28H29FN6O3S. The molecule has 202 valence electrons. The number of carbonyl (C=O) groups excluding carboxylic acids is 2. The molecular weight excluding hydrogens is 519 g/mol. The molecule has 11 heteroatoms. The number of aromatic nitrogens is 4. The Hall–Kier alpha value is -4.12. The third-order valence-electron chi connectivity index (χ3n) is 6.75. The average Bonchev–Trinajstić information content (AvgIpc) is 3.73. The summed E-state index contributed by atoms with van der Waals surface area (Å²) in [7, 11) is 1.59. The fourth-order valence-electron chi connectivity index (χ4n) is 4.74. The van der Waals surface area contributed by atoms with Gasteiger partial charge in [0.1, 0.15) is 24.2 Å². The van der Waals surface area contributed by atoms with Gasteiger partial charge in [0, 0.05) is 16.5 Å². The highest BCUT2D eigenvalue weighted by molar-refractivity contribution is 7.09. The minimum absolute atomic E-state index is 0.0585. The first-order valence-corrected chi connectivity index (χ1v) is 13.7. The second-order valence-corrected chi connectivity index (χ2v) is 10.4. The van der Waals surface area contributed by atoms with Crippen molar-refractivity contribution in [2.45, 2.75) is 50.9 Å². The molecule has 2 aromatic carbocycles. The van der Waals surface area contributed by atoms with Gasteiger partial charge in [-0.1, -0.05) is 31.0 Å². The molecule has 1 fully saturated rings. The molecule has 1 N–H and O–H groups in total. The minimum atomic E-state index is -0.953. The van der Waals surface area contributed by atoms with Crippen molar-refractivity contribution < 1.29 is 18.7 Å². The lowest BCUT2D eigenvalue weighted by atomic mass is 10.0. The molecule has 1 aliphatic carbocycles. The van der Waals surface area contributed by atoms with Gasteiger partial charge >= 0.3 is 0 Å². The molecule has 0 saturated heterocycles. The number of benzene rings is 2. The van der Waals surface area contributed by atoms with Gasteiger partial charge in [-0.25, -0.2) is 4.39 Å². The molecule has 2 heterocycles. The lowest BCUT2D eigenvalue weighted by molar-refractivity contribution is -0.142. The highest BCUT2D eigenvalue weighted by atomic mass is 32.1. The maximum absolute atomic E-state index is 13.8. The molecule has 2 amide bonds. The number of nitrogens with one attached hydrogen (secondary N) is 1. The number of methoxy groups -OCH3 is 1. The largest absolute Gasteiger partial charge is 0.497 e. The molecule has 1 aliphatic rings. The van der Waals surface area contributed by atoms with Crippen LogP contribution in [0, 0.1) is 5.82 Å². The van der Waals surface area contributed by atoms with E-state index in [0.717, 1.165) is 36.1 Å². The van der Waals surface area contributed by atoms with Crippen LogP contribution in [0.3, 0.4) is 0 Å². The van der Waals surface area contributed by atoms with E-state index < -0.39 is 11.9 Å². The van der Waals surface area contributed by atoms with E-state index in [0.29, 0.717) is 17.1 Å². The van der Waals surface area contributed by atoms with Crippen LogP contribution in [0.1, 0.15) is 42.2 Å². The van der Waals surface area contributed by atoms with Crippen LogP contribution in [-0.2, 0) is 22.7 Å². The Balaban J connectivity index is 1.43. The van der Waals surface area contributed by atoms with Gasteiger partial charge in [-0.15, -0.1) is 21.5 Å². The first-order chi connectivity index (χ1) is 19.0. The zero-order chi connectivity index (χ0) is 27.2. The van der Waals surface area contributed by atoms with Crippen molar-refractivity contribution in [2.75, 3.05) is 7.11 Å². The molecule has 39 heavy (non-hydrogen) atoms.